The van der Waals surface area contributed by atoms with Crippen LogP contribution in [0, 0.1) is 5.92 Å². The van der Waals surface area contributed by atoms with Gasteiger partial charge in [-0.1, -0.05) is 18.2 Å². The number of fused-ring (bicyclic) bond motifs is 1. The molecule has 3 aromatic rings. The molecule has 0 radical (unpaired) electrons. The number of methoxy groups -OCH3 is 2. The van der Waals surface area contributed by atoms with Crippen molar-refractivity contribution in [2.75, 3.05) is 43.3 Å². The summed E-state index contributed by atoms with van der Waals surface area (Å²) >= 11 is 0. The van der Waals surface area contributed by atoms with Crippen LogP contribution >= 0.6 is 0 Å². The van der Waals surface area contributed by atoms with Crippen LogP contribution in [0.5, 0.6) is 11.5 Å². The van der Waals surface area contributed by atoms with Gasteiger partial charge < -0.3 is 25.4 Å². The lowest BCUT2D eigenvalue weighted by Crippen LogP contribution is -2.39. The third-order valence-electron chi connectivity index (χ3n) is 5.41. The van der Waals surface area contributed by atoms with Crippen molar-refractivity contribution in [1.29, 1.82) is 0 Å². The molecule has 1 aliphatic heterocycles. The van der Waals surface area contributed by atoms with Crippen LogP contribution in [0.1, 0.15) is 12.8 Å². The Kier molecular flexibility index (Phi) is 5.56. The lowest BCUT2D eigenvalue weighted by atomic mass is 9.96. The van der Waals surface area contributed by atoms with E-state index in [1.807, 2.05) is 30.3 Å². The summed E-state index contributed by atoms with van der Waals surface area (Å²) in [6.07, 6.45) is 1.46. The zero-order chi connectivity index (χ0) is 21.1. The number of carbonyl (C=O) groups is 1. The molecule has 1 aliphatic rings. The molecule has 0 unspecified atom stereocenters. The molecule has 1 amide bonds. The van der Waals surface area contributed by atoms with E-state index >= 15 is 0 Å². The highest BCUT2D eigenvalue weighted by Crippen LogP contribution is 2.34. The topological polar surface area (TPSA) is 103 Å². The van der Waals surface area contributed by atoms with Gasteiger partial charge in [-0.25, -0.2) is 4.98 Å². The first kappa shape index (κ1) is 19.8. The van der Waals surface area contributed by atoms with Crippen LogP contribution in [0.25, 0.3) is 10.9 Å². The molecule has 0 saturated carbocycles. The molecule has 8 nitrogen and oxygen atoms in total. The normalized spacial score (nSPS) is 14.5. The summed E-state index contributed by atoms with van der Waals surface area (Å²) in [7, 11) is 3.16. The van der Waals surface area contributed by atoms with E-state index in [1.54, 1.807) is 26.4 Å². The van der Waals surface area contributed by atoms with E-state index in [1.165, 1.54) is 0 Å². The number of rotatable bonds is 5. The number of benzene rings is 2. The fourth-order valence-electron chi connectivity index (χ4n) is 3.72. The highest BCUT2D eigenvalue weighted by atomic mass is 16.5. The average Bonchev–Trinajstić information content (AvgIpc) is 2.79. The van der Waals surface area contributed by atoms with E-state index in [2.05, 4.69) is 20.2 Å². The van der Waals surface area contributed by atoms with Crippen LogP contribution in [0.15, 0.2) is 42.5 Å². The average molecular weight is 407 g/mol. The number of piperidine rings is 1. The fourth-order valence-corrected chi connectivity index (χ4v) is 3.72. The van der Waals surface area contributed by atoms with Gasteiger partial charge in [-0.05, 0) is 31.0 Å². The van der Waals surface area contributed by atoms with Gasteiger partial charge in [0.05, 0.1) is 19.7 Å². The predicted octanol–water partition coefficient (Wildman–Crippen LogP) is 3.08. The molecule has 1 fully saturated rings. The van der Waals surface area contributed by atoms with Gasteiger partial charge in [-0.2, -0.15) is 4.98 Å². The van der Waals surface area contributed by atoms with Gasteiger partial charge in [0.25, 0.3) is 0 Å². The number of hydrogen-bond acceptors (Lipinski definition) is 7. The lowest BCUT2D eigenvalue weighted by molar-refractivity contribution is -0.120. The zero-order valence-electron chi connectivity index (χ0n) is 17.1. The predicted molar refractivity (Wildman–Crippen MR) is 117 cm³/mol. The molecular formula is C22H25N5O3. The Morgan fingerprint density at radius 3 is 2.40 bits per heavy atom. The standard InChI is InChI=1S/C22H25N5O3/c1-29-18-12-16-17(13-19(18)30-2)25-22(26-20(16)23)27-10-8-14(9-11-27)21(28)24-15-6-4-3-5-7-15/h3-7,12-14H,8-11H2,1-2H3,(H,24,28)(H2,23,25,26). The number of ether oxygens (including phenoxy) is 2. The molecule has 0 aliphatic carbocycles. The number of carbonyl (C=O) groups excluding carboxylic acids is 1. The number of anilines is 3. The molecule has 2 heterocycles. The second-order valence-electron chi connectivity index (χ2n) is 7.25. The highest BCUT2D eigenvalue weighted by molar-refractivity contribution is 5.93. The Labute approximate surface area is 175 Å². The number of aromatic nitrogens is 2. The van der Waals surface area contributed by atoms with Crippen LogP contribution in [0.2, 0.25) is 0 Å². The summed E-state index contributed by atoms with van der Waals surface area (Å²) in [4.78, 5) is 23.8. The van der Waals surface area contributed by atoms with Crippen molar-refractivity contribution in [3.05, 3.63) is 42.5 Å². The van der Waals surface area contributed by atoms with E-state index in [0.29, 0.717) is 47.3 Å². The van der Waals surface area contributed by atoms with Gasteiger partial charge in [0.15, 0.2) is 11.5 Å². The van der Waals surface area contributed by atoms with E-state index in [4.69, 9.17) is 15.2 Å². The number of para-hydroxylation sites is 1. The summed E-state index contributed by atoms with van der Waals surface area (Å²) < 4.78 is 10.7. The van der Waals surface area contributed by atoms with E-state index in [9.17, 15) is 4.79 Å². The van der Waals surface area contributed by atoms with E-state index < -0.39 is 0 Å². The largest absolute Gasteiger partial charge is 0.493 e. The lowest BCUT2D eigenvalue weighted by Gasteiger charge is -2.31. The molecule has 8 heteroatoms. The minimum Gasteiger partial charge on any atom is -0.493 e. The first-order valence-electron chi connectivity index (χ1n) is 9.89. The maximum atomic E-state index is 12.6. The third kappa shape index (κ3) is 3.94. The van der Waals surface area contributed by atoms with Gasteiger partial charge in [0.1, 0.15) is 5.82 Å². The molecule has 156 valence electrons. The highest BCUT2D eigenvalue weighted by Gasteiger charge is 2.27. The molecule has 2 aromatic carbocycles. The second kappa shape index (κ2) is 8.44. The zero-order valence-corrected chi connectivity index (χ0v) is 17.1. The second-order valence-corrected chi connectivity index (χ2v) is 7.25. The number of nitrogens with zero attached hydrogens (tertiary/aromatic N) is 3. The molecule has 0 spiro atoms. The maximum absolute atomic E-state index is 12.6. The smallest absolute Gasteiger partial charge is 0.227 e. The third-order valence-corrected chi connectivity index (χ3v) is 5.41. The SMILES string of the molecule is COc1cc2nc(N3CCC(C(=O)Nc4ccccc4)CC3)nc(N)c2cc1OC. The van der Waals surface area contributed by atoms with Gasteiger partial charge >= 0.3 is 0 Å². The molecule has 0 atom stereocenters. The summed E-state index contributed by atoms with van der Waals surface area (Å²) in [5, 5.41) is 3.70. The summed E-state index contributed by atoms with van der Waals surface area (Å²) in [6, 6.07) is 13.1. The van der Waals surface area contributed by atoms with Crippen LogP contribution in [0.3, 0.4) is 0 Å². The van der Waals surface area contributed by atoms with Crippen LogP contribution in [0.4, 0.5) is 17.5 Å². The summed E-state index contributed by atoms with van der Waals surface area (Å²) in [6.45, 7) is 1.37. The first-order chi connectivity index (χ1) is 14.6. The van der Waals surface area contributed by atoms with Gasteiger partial charge in [0.2, 0.25) is 11.9 Å². The quantitative estimate of drug-likeness (QED) is 0.670. The molecule has 4 rings (SSSR count). The summed E-state index contributed by atoms with van der Waals surface area (Å²) in [5.41, 5.74) is 7.72. The molecule has 1 aromatic heterocycles. The molecular weight excluding hydrogens is 382 g/mol. The first-order valence-corrected chi connectivity index (χ1v) is 9.89. The minimum absolute atomic E-state index is 0.0383. The van der Waals surface area contributed by atoms with E-state index in [-0.39, 0.29) is 11.8 Å². The molecule has 0 bridgehead atoms. The van der Waals surface area contributed by atoms with Crippen LogP contribution in [-0.2, 0) is 4.79 Å². The molecule has 1 saturated heterocycles. The fraction of sp³-hybridized carbons (Fsp3) is 0.318. The van der Waals surface area contributed by atoms with Crippen LogP contribution in [-0.4, -0.2) is 43.2 Å². The van der Waals surface area contributed by atoms with Crippen molar-refractivity contribution in [1.82, 2.24) is 9.97 Å². The van der Waals surface area contributed by atoms with Crippen molar-refractivity contribution in [2.24, 2.45) is 5.92 Å². The Morgan fingerprint density at radius 2 is 1.73 bits per heavy atom. The number of nitrogen functional groups attached to an aromatic ring is 1. The number of nitrogens with two attached hydrogens (primary N) is 1. The number of amides is 1. The van der Waals surface area contributed by atoms with Crippen molar-refractivity contribution in [3.8, 4) is 11.5 Å². The van der Waals surface area contributed by atoms with Gasteiger partial charge in [-0.3, -0.25) is 4.79 Å². The monoisotopic (exact) mass is 407 g/mol. The molecule has 30 heavy (non-hydrogen) atoms. The van der Waals surface area contributed by atoms with Gasteiger partial charge in [-0.15, -0.1) is 0 Å². The Hall–Kier alpha value is -3.55. The molecule has 3 N–H and O–H groups in total. The number of hydrogen-bond donors (Lipinski definition) is 2. The Balaban J connectivity index is 1.48. The minimum atomic E-state index is -0.0383. The van der Waals surface area contributed by atoms with Crippen molar-refractivity contribution >= 4 is 34.3 Å². The van der Waals surface area contributed by atoms with Crippen molar-refractivity contribution in [3.63, 3.8) is 0 Å². The Bertz CT molecular complexity index is 1050. The number of nitrogens with one attached hydrogen (secondary N) is 1. The van der Waals surface area contributed by atoms with Crippen molar-refractivity contribution in [2.45, 2.75) is 12.8 Å². The van der Waals surface area contributed by atoms with Crippen molar-refractivity contribution < 1.29 is 14.3 Å². The van der Waals surface area contributed by atoms with Gasteiger partial charge in [0, 0.05) is 36.1 Å². The maximum Gasteiger partial charge on any atom is 0.227 e. The Morgan fingerprint density at radius 1 is 1.07 bits per heavy atom. The van der Waals surface area contributed by atoms with Crippen LogP contribution < -0.4 is 25.4 Å². The van der Waals surface area contributed by atoms with E-state index in [0.717, 1.165) is 18.5 Å². The summed E-state index contributed by atoms with van der Waals surface area (Å²) in [5.74, 6) is 2.14.